The summed E-state index contributed by atoms with van der Waals surface area (Å²) in [6.45, 7) is 5.83. The molecule has 0 amide bonds. The Hall–Kier alpha value is -1.34. The summed E-state index contributed by atoms with van der Waals surface area (Å²) >= 11 is 0. The van der Waals surface area contributed by atoms with Crippen molar-refractivity contribution in [2.45, 2.75) is 44.9 Å². The van der Waals surface area contributed by atoms with Gasteiger partial charge in [0.1, 0.15) is 0 Å². The zero-order valence-corrected chi connectivity index (χ0v) is 12.7. The van der Waals surface area contributed by atoms with E-state index in [9.17, 15) is 4.21 Å². The van der Waals surface area contributed by atoms with Crippen LogP contribution in [-0.4, -0.2) is 9.96 Å². The van der Waals surface area contributed by atoms with Crippen molar-refractivity contribution in [3.05, 3.63) is 23.8 Å². The molecule has 19 heavy (non-hydrogen) atoms. The molecule has 1 aromatic rings. The molecule has 0 aliphatic heterocycles. The van der Waals surface area contributed by atoms with Crippen molar-refractivity contribution in [2.75, 3.05) is 11.5 Å². The van der Waals surface area contributed by atoms with E-state index in [1.54, 1.807) is 0 Å². The van der Waals surface area contributed by atoms with Crippen LogP contribution in [0.25, 0.3) is 0 Å². The SMILES string of the molecule is Cc1ccc(S(=O)CCCCC(C)(C)C#N)c(N)c1. The van der Waals surface area contributed by atoms with Gasteiger partial charge in [-0.15, -0.1) is 0 Å². The standard InChI is InChI=1S/C15H22N2OS/c1-12-6-7-14(13(17)10-12)19(18)9-5-4-8-15(2,3)11-16/h6-7,10H,4-5,8-9,17H2,1-3H3. The molecule has 3 nitrogen and oxygen atoms in total. The Kier molecular flexibility index (Phi) is 5.56. The van der Waals surface area contributed by atoms with E-state index in [1.165, 1.54) is 0 Å². The second-order valence-electron chi connectivity index (χ2n) is 5.54. The Bertz CT molecular complexity index is 503. The van der Waals surface area contributed by atoms with E-state index in [4.69, 9.17) is 11.0 Å². The maximum atomic E-state index is 12.1. The monoisotopic (exact) mass is 278 g/mol. The lowest BCUT2D eigenvalue weighted by Crippen LogP contribution is -2.08. The third-order valence-electron chi connectivity index (χ3n) is 3.09. The molecular weight excluding hydrogens is 256 g/mol. The molecule has 1 aromatic carbocycles. The van der Waals surface area contributed by atoms with Gasteiger partial charge in [-0.05, 0) is 51.3 Å². The molecule has 0 saturated heterocycles. The van der Waals surface area contributed by atoms with Crippen LogP contribution in [0.15, 0.2) is 23.1 Å². The van der Waals surface area contributed by atoms with Crippen LogP contribution in [0.3, 0.4) is 0 Å². The van der Waals surface area contributed by atoms with Gasteiger partial charge in [0.2, 0.25) is 0 Å². The first kappa shape index (κ1) is 15.7. The molecule has 1 unspecified atom stereocenters. The molecule has 1 rings (SSSR count). The molecule has 0 aromatic heterocycles. The molecular formula is C15H22N2OS. The maximum Gasteiger partial charge on any atom is 0.0683 e. The van der Waals surface area contributed by atoms with Gasteiger partial charge in [-0.2, -0.15) is 5.26 Å². The topological polar surface area (TPSA) is 66.9 Å². The predicted molar refractivity (Wildman–Crippen MR) is 80.1 cm³/mol. The smallest absolute Gasteiger partial charge is 0.0683 e. The van der Waals surface area contributed by atoms with E-state index in [-0.39, 0.29) is 5.41 Å². The highest BCUT2D eigenvalue weighted by Crippen LogP contribution is 2.23. The molecule has 0 spiro atoms. The average molecular weight is 278 g/mol. The van der Waals surface area contributed by atoms with E-state index < -0.39 is 10.8 Å². The van der Waals surface area contributed by atoms with Crippen LogP contribution in [-0.2, 0) is 10.8 Å². The Morgan fingerprint density at radius 1 is 1.37 bits per heavy atom. The summed E-state index contributed by atoms with van der Waals surface area (Å²) in [6, 6.07) is 7.91. The zero-order chi connectivity index (χ0) is 14.5. The number of rotatable bonds is 6. The summed E-state index contributed by atoms with van der Waals surface area (Å²) in [6.07, 6.45) is 2.60. The first-order valence-corrected chi connectivity index (χ1v) is 7.83. The van der Waals surface area contributed by atoms with Gasteiger partial charge >= 0.3 is 0 Å². The summed E-state index contributed by atoms with van der Waals surface area (Å²) in [4.78, 5) is 0.727. The van der Waals surface area contributed by atoms with Crippen LogP contribution in [0.4, 0.5) is 5.69 Å². The predicted octanol–water partition coefficient (Wildman–Crippen LogP) is 3.40. The summed E-state index contributed by atoms with van der Waals surface area (Å²) < 4.78 is 12.1. The normalized spacial score (nSPS) is 12.9. The molecule has 0 radical (unpaired) electrons. The Morgan fingerprint density at radius 3 is 2.63 bits per heavy atom. The molecule has 104 valence electrons. The van der Waals surface area contributed by atoms with E-state index >= 15 is 0 Å². The van der Waals surface area contributed by atoms with E-state index in [1.807, 2.05) is 39.0 Å². The lowest BCUT2D eigenvalue weighted by Gasteiger charge is -2.14. The number of unbranched alkanes of at least 4 members (excludes halogenated alkanes) is 1. The molecule has 2 N–H and O–H groups in total. The highest BCUT2D eigenvalue weighted by atomic mass is 32.2. The molecule has 1 atom stereocenters. The van der Waals surface area contributed by atoms with Gasteiger partial charge < -0.3 is 5.73 Å². The molecule has 0 aliphatic rings. The highest BCUT2D eigenvalue weighted by Gasteiger charge is 2.16. The molecule has 0 aliphatic carbocycles. The van der Waals surface area contributed by atoms with E-state index in [0.29, 0.717) is 11.4 Å². The van der Waals surface area contributed by atoms with Crippen LogP contribution < -0.4 is 5.73 Å². The number of anilines is 1. The van der Waals surface area contributed by atoms with Crippen molar-refractivity contribution in [2.24, 2.45) is 5.41 Å². The molecule has 0 bridgehead atoms. The average Bonchev–Trinajstić information content (AvgIpc) is 2.34. The minimum Gasteiger partial charge on any atom is -0.398 e. The van der Waals surface area contributed by atoms with Gasteiger partial charge in [-0.1, -0.05) is 12.5 Å². The lowest BCUT2D eigenvalue weighted by molar-refractivity contribution is 0.432. The zero-order valence-electron chi connectivity index (χ0n) is 11.9. The van der Waals surface area contributed by atoms with Crippen molar-refractivity contribution < 1.29 is 4.21 Å². The first-order valence-electron chi connectivity index (χ1n) is 6.51. The van der Waals surface area contributed by atoms with Crippen LogP contribution in [0.1, 0.15) is 38.7 Å². The quantitative estimate of drug-likeness (QED) is 0.640. The number of hydrogen-bond donors (Lipinski definition) is 1. The van der Waals surface area contributed by atoms with Gasteiger partial charge in [-0.25, -0.2) is 0 Å². The minimum absolute atomic E-state index is 0.287. The van der Waals surface area contributed by atoms with Crippen LogP contribution >= 0.6 is 0 Å². The summed E-state index contributed by atoms with van der Waals surface area (Å²) in [5.74, 6) is 0.606. The maximum absolute atomic E-state index is 12.1. The second-order valence-corrected chi connectivity index (χ2v) is 7.08. The number of nitriles is 1. The van der Waals surface area contributed by atoms with Gasteiger partial charge in [0, 0.05) is 11.4 Å². The molecule has 0 fully saturated rings. The van der Waals surface area contributed by atoms with Crippen LogP contribution in [0.2, 0.25) is 0 Å². The largest absolute Gasteiger partial charge is 0.398 e. The number of hydrogen-bond acceptors (Lipinski definition) is 3. The fourth-order valence-electron chi connectivity index (χ4n) is 1.84. The van der Waals surface area contributed by atoms with Crippen molar-refractivity contribution in [3.63, 3.8) is 0 Å². The van der Waals surface area contributed by atoms with Crippen molar-refractivity contribution in [3.8, 4) is 6.07 Å². The number of nitrogens with two attached hydrogens (primary N) is 1. The van der Waals surface area contributed by atoms with Crippen LogP contribution in [0.5, 0.6) is 0 Å². The molecule has 0 saturated carbocycles. The first-order chi connectivity index (χ1) is 8.85. The third kappa shape index (κ3) is 5.04. The Morgan fingerprint density at radius 2 is 2.05 bits per heavy atom. The van der Waals surface area contributed by atoms with Crippen molar-refractivity contribution in [1.82, 2.24) is 0 Å². The van der Waals surface area contributed by atoms with Gasteiger partial charge in [-0.3, -0.25) is 4.21 Å². The Balaban J connectivity index is 2.46. The van der Waals surface area contributed by atoms with E-state index in [0.717, 1.165) is 29.7 Å². The number of aryl methyl sites for hydroxylation is 1. The Labute approximate surface area is 118 Å². The minimum atomic E-state index is -1.04. The number of nitrogen functional groups attached to an aromatic ring is 1. The van der Waals surface area contributed by atoms with Gasteiger partial charge in [0.05, 0.1) is 27.2 Å². The van der Waals surface area contributed by atoms with Gasteiger partial charge in [0.25, 0.3) is 0 Å². The highest BCUT2D eigenvalue weighted by molar-refractivity contribution is 7.85. The lowest BCUT2D eigenvalue weighted by atomic mass is 9.89. The molecule has 4 heteroatoms. The fourth-order valence-corrected chi connectivity index (χ4v) is 3.07. The summed E-state index contributed by atoms with van der Waals surface area (Å²) in [5.41, 5.74) is 7.28. The fraction of sp³-hybridized carbons (Fsp3) is 0.533. The van der Waals surface area contributed by atoms with Crippen molar-refractivity contribution >= 4 is 16.5 Å². The third-order valence-corrected chi connectivity index (χ3v) is 4.62. The number of benzene rings is 1. The van der Waals surface area contributed by atoms with Crippen LogP contribution in [0, 0.1) is 23.7 Å². The van der Waals surface area contributed by atoms with E-state index in [2.05, 4.69) is 6.07 Å². The second kappa shape index (κ2) is 6.72. The van der Waals surface area contributed by atoms with Crippen molar-refractivity contribution in [1.29, 1.82) is 5.26 Å². The summed E-state index contributed by atoms with van der Waals surface area (Å²) in [7, 11) is -1.04. The molecule has 0 heterocycles. The summed E-state index contributed by atoms with van der Waals surface area (Å²) in [5, 5.41) is 8.92. The number of nitrogens with zero attached hydrogens (tertiary/aromatic N) is 1. The van der Waals surface area contributed by atoms with Gasteiger partial charge in [0.15, 0.2) is 0 Å².